The van der Waals surface area contributed by atoms with Crippen LogP contribution in [0.15, 0.2) is 63.6 Å². The van der Waals surface area contributed by atoms with Crippen molar-refractivity contribution < 1.29 is 21.6 Å². The van der Waals surface area contributed by atoms with Crippen LogP contribution in [0.5, 0.6) is 5.75 Å². The summed E-state index contributed by atoms with van der Waals surface area (Å²) >= 11 is 5.86. The van der Waals surface area contributed by atoms with Crippen LogP contribution in [0.4, 0.5) is 0 Å². The second-order valence-corrected chi connectivity index (χ2v) is 10.8. The zero-order chi connectivity index (χ0) is 21.2. The predicted octanol–water partition coefficient (Wildman–Crippen LogP) is 3.01. The van der Waals surface area contributed by atoms with Crippen LogP contribution in [0.2, 0.25) is 5.02 Å². The molecule has 0 aliphatic carbocycles. The van der Waals surface area contributed by atoms with E-state index >= 15 is 0 Å². The van der Waals surface area contributed by atoms with Gasteiger partial charge in [-0.2, -0.15) is 0 Å². The minimum atomic E-state index is -4.40. The number of ether oxygens (including phenoxy) is 1. The summed E-state index contributed by atoms with van der Waals surface area (Å²) in [4.78, 5) is 14.0. The number of nitrogens with one attached hydrogen (secondary N) is 1. The number of aromatic amines is 1. The van der Waals surface area contributed by atoms with Gasteiger partial charge in [0.1, 0.15) is 10.6 Å². The molecule has 0 aliphatic rings. The highest BCUT2D eigenvalue weighted by Crippen LogP contribution is 2.20. The Morgan fingerprint density at radius 1 is 1.03 bits per heavy atom. The van der Waals surface area contributed by atoms with E-state index in [1.165, 1.54) is 31.4 Å². The topological polar surface area (TPSA) is 110 Å². The molecule has 0 unspecified atom stereocenters. The molecule has 152 valence electrons. The van der Waals surface area contributed by atoms with Gasteiger partial charge < -0.3 is 9.72 Å². The van der Waals surface area contributed by atoms with Crippen molar-refractivity contribution >= 4 is 48.3 Å². The van der Waals surface area contributed by atoms with E-state index in [9.17, 15) is 21.6 Å². The Kier molecular flexibility index (Phi) is 5.83. The Hall–Kier alpha value is -2.62. The maximum atomic E-state index is 12.6. The van der Waals surface area contributed by atoms with Crippen LogP contribution in [0.1, 0.15) is 5.56 Å². The first kappa shape index (κ1) is 21.1. The van der Waals surface area contributed by atoms with Gasteiger partial charge in [-0.25, -0.2) is 16.8 Å². The van der Waals surface area contributed by atoms with E-state index in [1.54, 1.807) is 24.3 Å². The molecule has 1 heterocycles. The van der Waals surface area contributed by atoms with Gasteiger partial charge in [-0.05, 0) is 47.4 Å². The molecule has 0 fully saturated rings. The summed E-state index contributed by atoms with van der Waals surface area (Å²) in [6.45, 7) is 0. The predicted molar refractivity (Wildman–Crippen MR) is 113 cm³/mol. The van der Waals surface area contributed by atoms with Crippen molar-refractivity contribution in [3.8, 4) is 5.75 Å². The average molecular weight is 454 g/mol. The maximum Gasteiger partial charge on any atom is 0.267 e. The van der Waals surface area contributed by atoms with E-state index in [2.05, 4.69) is 4.98 Å². The van der Waals surface area contributed by atoms with Crippen LogP contribution in [0.25, 0.3) is 17.0 Å². The number of H-pyrrole nitrogens is 1. The number of benzene rings is 2. The lowest BCUT2D eigenvalue weighted by atomic mass is 10.2. The van der Waals surface area contributed by atoms with Crippen molar-refractivity contribution in [2.75, 3.05) is 12.2 Å². The number of methoxy groups -OCH3 is 1. The van der Waals surface area contributed by atoms with Gasteiger partial charge in [0.25, 0.3) is 5.56 Å². The van der Waals surface area contributed by atoms with E-state index in [-0.39, 0.29) is 0 Å². The van der Waals surface area contributed by atoms with Crippen molar-refractivity contribution in [3.63, 3.8) is 0 Å². The first-order valence-corrected chi connectivity index (χ1v) is 11.9. The molecule has 1 N–H and O–H groups in total. The van der Waals surface area contributed by atoms with Gasteiger partial charge in [0.05, 0.1) is 7.11 Å². The lowest BCUT2D eigenvalue weighted by Gasteiger charge is -2.05. The smallest absolute Gasteiger partial charge is 0.267 e. The molecule has 10 heteroatoms. The van der Waals surface area contributed by atoms with E-state index in [1.807, 2.05) is 0 Å². The van der Waals surface area contributed by atoms with E-state index in [0.29, 0.717) is 27.2 Å². The largest absolute Gasteiger partial charge is 0.497 e. The molecule has 3 aromatic rings. The highest BCUT2D eigenvalue weighted by molar-refractivity contribution is 8.09. The van der Waals surface area contributed by atoms with Gasteiger partial charge in [-0.15, -0.1) is 0 Å². The molecular weight excluding hydrogens is 438 g/mol. The third-order valence-electron chi connectivity index (χ3n) is 4.01. The van der Waals surface area contributed by atoms with Gasteiger partial charge in [0.15, 0.2) is 24.8 Å². The average Bonchev–Trinajstić information content (AvgIpc) is 2.65. The quantitative estimate of drug-likeness (QED) is 0.614. The molecule has 3 rings (SSSR count). The molecule has 0 saturated carbocycles. The summed E-state index contributed by atoms with van der Waals surface area (Å²) in [5.74, 6) is 0.601. The highest BCUT2D eigenvalue weighted by Gasteiger charge is 2.25. The number of aromatic nitrogens is 1. The summed E-state index contributed by atoms with van der Waals surface area (Å²) < 4.78 is 54.8. The monoisotopic (exact) mass is 453 g/mol. The summed E-state index contributed by atoms with van der Waals surface area (Å²) in [7, 11) is -7.05. The molecule has 2 aromatic carbocycles. The summed E-state index contributed by atoms with van der Waals surface area (Å²) in [5.41, 5.74) is -0.00925. The molecular formula is C19H16ClNO6S2. The summed E-state index contributed by atoms with van der Waals surface area (Å²) in [5, 5.41) is 0.365. The Balaban J connectivity index is 1.90. The van der Waals surface area contributed by atoms with Gasteiger partial charge in [0, 0.05) is 15.9 Å². The summed E-state index contributed by atoms with van der Waals surface area (Å²) in [6, 6.07) is 12.2. The van der Waals surface area contributed by atoms with Gasteiger partial charge in [-0.1, -0.05) is 29.8 Å². The normalized spacial score (nSPS) is 12.5. The highest BCUT2D eigenvalue weighted by atomic mass is 35.5. The Morgan fingerprint density at radius 3 is 2.38 bits per heavy atom. The third-order valence-corrected chi connectivity index (χ3v) is 8.33. The van der Waals surface area contributed by atoms with Crippen molar-refractivity contribution in [1.82, 2.24) is 4.98 Å². The lowest BCUT2D eigenvalue weighted by molar-refractivity contribution is 0.415. The molecule has 0 spiro atoms. The van der Waals surface area contributed by atoms with Crippen LogP contribution in [-0.4, -0.2) is 34.0 Å². The van der Waals surface area contributed by atoms with Crippen LogP contribution in [0.3, 0.4) is 0 Å². The van der Waals surface area contributed by atoms with Gasteiger partial charge in [-0.3, -0.25) is 4.79 Å². The van der Waals surface area contributed by atoms with Gasteiger partial charge in [0.2, 0.25) is 0 Å². The SMILES string of the molecule is COc1ccc(/C=C/S(=O)(=O)CS(=O)(=O)c2cc3ccc(Cl)cc3[nH]c2=O)cc1. The molecule has 0 bridgehead atoms. The number of halogens is 1. The second kappa shape index (κ2) is 8.02. The fourth-order valence-corrected chi connectivity index (χ4v) is 6.33. The van der Waals surface area contributed by atoms with Crippen LogP contribution >= 0.6 is 11.6 Å². The molecule has 0 radical (unpaired) electrons. The zero-order valence-electron chi connectivity index (χ0n) is 15.1. The van der Waals surface area contributed by atoms with Crippen LogP contribution in [-0.2, 0) is 19.7 Å². The zero-order valence-corrected chi connectivity index (χ0v) is 17.5. The van der Waals surface area contributed by atoms with Crippen LogP contribution < -0.4 is 10.3 Å². The fraction of sp³-hybridized carbons (Fsp3) is 0.105. The Bertz CT molecular complexity index is 1360. The second-order valence-electron chi connectivity index (χ2n) is 6.17. The van der Waals surface area contributed by atoms with Crippen LogP contribution in [0, 0.1) is 0 Å². The number of hydrogen-bond donors (Lipinski definition) is 1. The number of rotatable bonds is 6. The summed E-state index contributed by atoms with van der Waals surface area (Å²) in [6.07, 6.45) is 1.27. The third kappa shape index (κ3) is 5.06. The number of hydrogen-bond acceptors (Lipinski definition) is 6. The van der Waals surface area contributed by atoms with E-state index < -0.39 is 35.2 Å². The number of sulfone groups is 2. The fourth-order valence-electron chi connectivity index (χ4n) is 2.60. The molecule has 0 atom stereocenters. The first-order valence-electron chi connectivity index (χ1n) is 8.20. The minimum absolute atomic E-state index is 0.351. The van der Waals surface area contributed by atoms with E-state index in [4.69, 9.17) is 16.3 Å². The van der Waals surface area contributed by atoms with Crippen molar-refractivity contribution in [2.45, 2.75) is 4.90 Å². The molecule has 0 amide bonds. The van der Waals surface area contributed by atoms with Crippen molar-refractivity contribution in [1.29, 1.82) is 0 Å². The van der Waals surface area contributed by atoms with Gasteiger partial charge >= 0.3 is 0 Å². The lowest BCUT2D eigenvalue weighted by Crippen LogP contribution is -2.23. The number of fused-ring (bicyclic) bond motifs is 1. The molecule has 0 aliphatic heterocycles. The van der Waals surface area contributed by atoms with Crippen molar-refractivity contribution in [3.05, 3.63) is 74.9 Å². The number of pyridine rings is 1. The first-order chi connectivity index (χ1) is 13.6. The Morgan fingerprint density at radius 2 is 1.72 bits per heavy atom. The maximum absolute atomic E-state index is 12.6. The van der Waals surface area contributed by atoms with Crippen molar-refractivity contribution in [2.24, 2.45) is 0 Å². The Labute approximate surface area is 172 Å². The molecule has 7 nitrogen and oxygen atoms in total. The molecule has 1 aromatic heterocycles. The molecule has 29 heavy (non-hydrogen) atoms. The molecule has 0 saturated heterocycles. The standard InChI is InChI=1S/C19H16ClNO6S2/c1-27-16-6-2-13(3-7-16)8-9-28(23,24)12-29(25,26)18-10-14-4-5-15(20)11-17(14)21-19(18)22/h2-11H,12H2,1H3,(H,21,22)/b9-8+. The minimum Gasteiger partial charge on any atom is -0.497 e. The van der Waals surface area contributed by atoms with E-state index in [0.717, 1.165) is 11.5 Å².